The summed E-state index contributed by atoms with van der Waals surface area (Å²) in [5.41, 5.74) is 17.3. The van der Waals surface area contributed by atoms with E-state index in [1.807, 2.05) is 0 Å². The number of esters is 2. The fourth-order valence-electron chi connectivity index (χ4n) is 8.58. The Morgan fingerprint density at radius 1 is 0.633 bits per heavy atom. The lowest BCUT2D eigenvalue weighted by atomic mass is 9.69. The summed E-state index contributed by atoms with van der Waals surface area (Å²) in [5.74, 6) is -3.24. The van der Waals surface area contributed by atoms with Gasteiger partial charge in [0, 0.05) is 39.5 Å². The largest absolute Gasteiger partial charge is 0.466 e. The molecule has 5 heterocycles. The fourth-order valence-corrected chi connectivity index (χ4v) is 8.58. The highest BCUT2D eigenvalue weighted by Gasteiger charge is 2.53. The molecule has 8 nitrogen and oxygen atoms in total. The maximum Gasteiger partial charge on any atom is 0.310 e. The molecule has 0 spiro atoms. The highest BCUT2D eigenvalue weighted by atomic mass is 16.5. The number of carbonyl (C=O) groups is 2. The summed E-state index contributed by atoms with van der Waals surface area (Å²) < 4.78 is 11.4. The Morgan fingerprint density at radius 2 is 1.12 bits per heavy atom. The number of ether oxygens (including phenoxy) is 2. The minimum absolute atomic E-state index is 0.217. The molecule has 49 heavy (non-hydrogen) atoms. The number of fused-ring (bicyclic) bond motifs is 8. The predicted octanol–water partition coefficient (Wildman–Crippen LogP) is 8.58. The van der Waals surface area contributed by atoms with Gasteiger partial charge in [-0.3, -0.25) is 9.59 Å². The van der Waals surface area contributed by atoms with Gasteiger partial charge in [-0.25, -0.2) is 9.97 Å². The van der Waals surface area contributed by atoms with E-state index in [9.17, 15) is 9.59 Å². The molecule has 3 aliphatic carbocycles. The lowest BCUT2D eigenvalue weighted by molar-refractivity contribution is -0.162. The van der Waals surface area contributed by atoms with Crippen molar-refractivity contribution in [2.75, 3.05) is 13.2 Å². The van der Waals surface area contributed by atoms with Gasteiger partial charge >= 0.3 is 11.9 Å². The molecule has 3 aromatic heterocycles. The lowest BCUT2D eigenvalue weighted by Gasteiger charge is -2.34. The van der Waals surface area contributed by atoms with Crippen molar-refractivity contribution in [1.82, 2.24) is 19.9 Å². The van der Waals surface area contributed by atoms with Crippen LogP contribution >= 0.6 is 0 Å². The van der Waals surface area contributed by atoms with Crippen molar-refractivity contribution in [1.29, 1.82) is 0 Å². The van der Waals surface area contributed by atoms with E-state index in [1.54, 1.807) is 13.8 Å². The van der Waals surface area contributed by atoms with Crippen molar-refractivity contribution < 1.29 is 19.1 Å². The first-order valence-corrected chi connectivity index (χ1v) is 17.7. The number of nitrogens with one attached hydrogen (secondary N) is 2. The molecule has 10 bridgehead atoms. The third-order valence-corrected chi connectivity index (χ3v) is 11.3. The van der Waals surface area contributed by atoms with Gasteiger partial charge in [-0.1, -0.05) is 26.0 Å². The Balaban J connectivity index is 1.67. The van der Waals surface area contributed by atoms with E-state index in [0.717, 1.165) is 85.5 Å². The van der Waals surface area contributed by atoms with Crippen LogP contribution in [0.25, 0.3) is 44.4 Å². The molecule has 8 heteroatoms. The Morgan fingerprint density at radius 3 is 1.65 bits per heavy atom. The summed E-state index contributed by atoms with van der Waals surface area (Å²) in [6.07, 6.45) is 5.94. The van der Waals surface area contributed by atoms with E-state index >= 15 is 0 Å². The standard InChI is InChI=1S/C41H46N4O4/c1-10-24-21(7)29-16-28-19(5)20(6)38(44-28)37-27-15-14-26(35(40(46)48-12-3)36(27)41(47)49-13-4)34-23(9)31(45-39(34)37)17-30-22(8)25(11-2)33(43-30)18-32(24)42-29/h14-18,26-27,35-36,42-43H,10-13H2,1-9H3/t26?,27?,35-,36-/m0/s1. The maximum atomic E-state index is 13.9. The van der Waals surface area contributed by atoms with E-state index in [-0.39, 0.29) is 13.2 Å². The van der Waals surface area contributed by atoms with Gasteiger partial charge in [0.2, 0.25) is 0 Å². The van der Waals surface area contributed by atoms with Gasteiger partial charge in [0.15, 0.2) is 0 Å². The Hall–Kier alpha value is -4.72. The molecule has 3 aromatic rings. The fraction of sp³-hybridized carbons (Fsp3) is 0.415. The van der Waals surface area contributed by atoms with Crippen LogP contribution in [0.2, 0.25) is 0 Å². The summed E-state index contributed by atoms with van der Waals surface area (Å²) in [5, 5.41) is 0. The van der Waals surface area contributed by atoms with Gasteiger partial charge in [-0.15, -0.1) is 0 Å². The Labute approximate surface area is 287 Å². The van der Waals surface area contributed by atoms with Gasteiger partial charge in [0.1, 0.15) is 0 Å². The number of allylic oxidation sites excluding steroid dienone is 6. The van der Waals surface area contributed by atoms with Gasteiger partial charge < -0.3 is 19.4 Å². The second-order valence-corrected chi connectivity index (χ2v) is 13.6. The molecule has 4 atom stereocenters. The molecule has 2 aliphatic heterocycles. The van der Waals surface area contributed by atoms with Crippen LogP contribution in [0, 0.1) is 31.6 Å². The normalized spacial score (nSPS) is 21.0. The third kappa shape index (κ3) is 4.93. The number of carbonyl (C=O) groups excluding carboxylic acids is 2. The number of rotatable bonds is 6. The smallest absolute Gasteiger partial charge is 0.310 e. The Bertz CT molecular complexity index is 2190. The minimum atomic E-state index is -0.782. The average Bonchev–Trinajstić information content (AvgIpc) is 3.68. The van der Waals surface area contributed by atoms with Crippen LogP contribution in [0.3, 0.4) is 0 Å². The van der Waals surface area contributed by atoms with E-state index < -0.39 is 35.6 Å². The van der Waals surface area contributed by atoms with E-state index in [2.05, 4.69) is 88.8 Å². The summed E-state index contributed by atoms with van der Waals surface area (Å²) in [4.78, 5) is 46.0. The SMILES string of the molecule is CCOC(=O)[C@H]1C2C=CC(c3c4nc(cc5[nH]c(cc6[nH]c(cc7nc3C2=C7C)c(C)c6CC)c(CC)c5C)C(C)=C4C)[C@@H]1C(=O)OCC. The number of aryl methyl sites for hydroxylation is 4. The molecule has 254 valence electrons. The first-order valence-electron chi connectivity index (χ1n) is 17.7. The van der Waals surface area contributed by atoms with Crippen molar-refractivity contribution >= 4 is 56.3 Å². The highest BCUT2D eigenvalue weighted by molar-refractivity contribution is 6.01. The first-order chi connectivity index (χ1) is 23.5. The van der Waals surface area contributed by atoms with Crippen LogP contribution < -0.4 is 0 Å². The summed E-state index contributed by atoms with van der Waals surface area (Å²) in [7, 11) is 0. The zero-order valence-electron chi connectivity index (χ0n) is 30.1. The molecule has 8 rings (SSSR count). The van der Waals surface area contributed by atoms with Crippen LogP contribution in [-0.4, -0.2) is 45.1 Å². The van der Waals surface area contributed by atoms with Crippen LogP contribution in [0.1, 0.15) is 105 Å². The molecular weight excluding hydrogens is 612 g/mol. The summed E-state index contributed by atoms with van der Waals surface area (Å²) in [6, 6.07) is 6.53. The number of hydrogen-bond acceptors (Lipinski definition) is 6. The van der Waals surface area contributed by atoms with Gasteiger partial charge in [-0.05, 0) is 124 Å². The number of aromatic amines is 2. The topological polar surface area (TPSA) is 110 Å². The molecule has 2 N–H and O–H groups in total. The minimum Gasteiger partial charge on any atom is -0.466 e. The number of nitrogens with zero attached hydrogens (tertiary/aromatic N) is 2. The van der Waals surface area contributed by atoms with E-state index in [0.29, 0.717) is 0 Å². The number of H-pyrrole nitrogens is 2. The predicted molar refractivity (Wildman–Crippen MR) is 195 cm³/mol. The molecule has 0 aromatic carbocycles. The van der Waals surface area contributed by atoms with Crippen LogP contribution in [-0.2, 0) is 31.9 Å². The van der Waals surface area contributed by atoms with Crippen LogP contribution in [0.15, 0.2) is 30.4 Å². The van der Waals surface area contributed by atoms with Gasteiger partial charge in [0.05, 0.1) is 47.8 Å². The van der Waals surface area contributed by atoms with Crippen molar-refractivity contribution in [3.63, 3.8) is 0 Å². The quantitative estimate of drug-likeness (QED) is 0.203. The monoisotopic (exact) mass is 658 g/mol. The van der Waals surface area contributed by atoms with Gasteiger partial charge in [-0.2, -0.15) is 0 Å². The van der Waals surface area contributed by atoms with E-state index in [1.165, 1.54) is 22.3 Å². The second kappa shape index (κ2) is 12.3. The highest BCUT2D eigenvalue weighted by Crippen LogP contribution is 2.56. The average molecular weight is 659 g/mol. The zero-order chi connectivity index (χ0) is 34.9. The van der Waals surface area contributed by atoms with Crippen LogP contribution in [0.5, 0.6) is 0 Å². The zero-order valence-corrected chi connectivity index (χ0v) is 30.1. The molecular formula is C41H46N4O4. The molecule has 0 amide bonds. The number of aromatic nitrogens is 4. The maximum absolute atomic E-state index is 13.9. The molecule has 2 unspecified atom stereocenters. The summed E-state index contributed by atoms with van der Waals surface area (Å²) in [6.45, 7) is 19.0. The van der Waals surface area contributed by atoms with Crippen LogP contribution in [0.4, 0.5) is 0 Å². The van der Waals surface area contributed by atoms with Crippen molar-refractivity contribution in [2.45, 2.75) is 81.1 Å². The van der Waals surface area contributed by atoms with Crippen molar-refractivity contribution in [2.24, 2.45) is 17.8 Å². The molecule has 0 fully saturated rings. The third-order valence-electron chi connectivity index (χ3n) is 11.3. The lowest BCUT2D eigenvalue weighted by Crippen LogP contribution is -2.41. The Kier molecular flexibility index (Phi) is 8.24. The van der Waals surface area contributed by atoms with Crippen molar-refractivity contribution in [3.8, 4) is 0 Å². The summed E-state index contributed by atoms with van der Waals surface area (Å²) >= 11 is 0. The van der Waals surface area contributed by atoms with Crippen molar-refractivity contribution in [3.05, 3.63) is 80.9 Å². The van der Waals surface area contributed by atoms with E-state index in [4.69, 9.17) is 19.4 Å². The van der Waals surface area contributed by atoms with Gasteiger partial charge in [0.25, 0.3) is 0 Å². The molecule has 0 radical (unpaired) electrons. The molecule has 0 saturated carbocycles. The number of hydrogen-bond donors (Lipinski definition) is 2. The molecule has 0 saturated heterocycles. The second-order valence-electron chi connectivity index (χ2n) is 13.6. The first kappa shape index (κ1) is 32.8. The molecule has 5 aliphatic rings.